The summed E-state index contributed by atoms with van der Waals surface area (Å²) < 4.78 is 7.11. The Morgan fingerprint density at radius 2 is 1.88 bits per heavy atom. The van der Waals surface area contributed by atoms with Gasteiger partial charge in [-0.05, 0) is 60.3 Å². The summed E-state index contributed by atoms with van der Waals surface area (Å²) in [5.74, 6) is 0.738. The largest absolute Gasteiger partial charge is 0.497 e. The van der Waals surface area contributed by atoms with Gasteiger partial charge in [0.05, 0.1) is 12.8 Å². The zero-order valence-electron chi connectivity index (χ0n) is 18.8. The molecule has 7 nitrogen and oxygen atoms in total. The predicted molar refractivity (Wildman–Crippen MR) is 133 cm³/mol. The fourth-order valence-corrected chi connectivity index (χ4v) is 4.07. The highest BCUT2D eigenvalue weighted by molar-refractivity contribution is 7.10. The first kappa shape index (κ1) is 23.0. The molecule has 4 aromatic rings. The van der Waals surface area contributed by atoms with Crippen LogP contribution in [-0.2, 0) is 11.3 Å². The van der Waals surface area contributed by atoms with Gasteiger partial charge in [0, 0.05) is 29.4 Å². The molecule has 0 saturated heterocycles. The highest BCUT2D eigenvalue weighted by Crippen LogP contribution is 2.17. The van der Waals surface area contributed by atoms with E-state index in [-0.39, 0.29) is 24.1 Å². The lowest BCUT2D eigenvalue weighted by atomic mass is 10.1. The van der Waals surface area contributed by atoms with E-state index < -0.39 is 0 Å². The Bertz CT molecular complexity index is 1310. The number of carbonyl (C=O) groups excluding carboxylic acids is 2. The highest BCUT2D eigenvalue weighted by Gasteiger charge is 2.16. The van der Waals surface area contributed by atoms with Crippen molar-refractivity contribution in [1.29, 1.82) is 0 Å². The van der Waals surface area contributed by atoms with Crippen LogP contribution in [0.2, 0.25) is 0 Å². The first-order chi connectivity index (χ1) is 16.5. The van der Waals surface area contributed by atoms with E-state index in [0.29, 0.717) is 11.3 Å². The summed E-state index contributed by atoms with van der Waals surface area (Å²) in [6.45, 7) is 2.21. The molecule has 2 aromatic carbocycles. The van der Waals surface area contributed by atoms with Gasteiger partial charge in [-0.15, -0.1) is 11.3 Å². The number of amides is 2. The zero-order chi connectivity index (χ0) is 23.9. The average molecular weight is 473 g/mol. The molecule has 0 radical (unpaired) electrons. The first-order valence-electron chi connectivity index (χ1n) is 10.6. The van der Waals surface area contributed by atoms with Crippen molar-refractivity contribution >= 4 is 29.2 Å². The number of nitrogens with zero attached hydrogens (tertiary/aromatic N) is 2. The number of aromatic nitrogens is 2. The monoisotopic (exact) mass is 472 g/mol. The Labute approximate surface area is 201 Å². The standard InChI is InChI=1S/C26H24N4O3S/c1-18-27-13-14-30(18)24-8-4-3-6-20(24)17-28-26(32)23(16-22-7-5-15-34-22)29-25(31)19-9-11-21(33-2)12-10-19/h3-16H,17H2,1-2H3,(H,28,32)(H,29,31)/b23-16-. The maximum atomic E-state index is 13.1. The van der Waals surface area contributed by atoms with Gasteiger partial charge in [0.25, 0.3) is 11.8 Å². The third-order valence-electron chi connectivity index (χ3n) is 5.19. The third kappa shape index (κ3) is 5.41. The fraction of sp³-hybridized carbons (Fsp3) is 0.115. The van der Waals surface area contributed by atoms with Gasteiger partial charge >= 0.3 is 0 Å². The number of rotatable bonds is 8. The van der Waals surface area contributed by atoms with Crippen LogP contribution in [0.1, 0.15) is 26.6 Å². The second-order valence-electron chi connectivity index (χ2n) is 7.41. The molecular formula is C26H24N4O3S. The van der Waals surface area contributed by atoms with Gasteiger partial charge in [-0.2, -0.15) is 0 Å². The number of hydrogen-bond donors (Lipinski definition) is 2. The van der Waals surface area contributed by atoms with Gasteiger partial charge in [0.1, 0.15) is 17.3 Å². The number of imidazole rings is 1. The minimum Gasteiger partial charge on any atom is -0.497 e. The second kappa shape index (κ2) is 10.6. The summed E-state index contributed by atoms with van der Waals surface area (Å²) in [5.41, 5.74) is 2.45. The fourth-order valence-electron chi connectivity index (χ4n) is 3.41. The molecule has 0 atom stereocenters. The van der Waals surface area contributed by atoms with Crippen LogP contribution in [0.5, 0.6) is 5.75 Å². The Hall–Kier alpha value is -4.17. The van der Waals surface area contributed by atoms with Crippen molar-refractivity contribution in [2.45, 2.75) is 13.5 Å². The van der Waals surface area contributed by atoms with Crippen molar-refractivity contribution in [3.05, 3.63) is 106 Å². The molecule has 0 aliphatic heterocycles. The smallest absolute Gasteiger partial charge is 0.268 e. The maximum Gasteiger partial charge on any atom is 0.268 e. The minimum atomic E-state index is -0.382. The molecular weight excluding hydrogens is 448 g/mol. The van der Waals surface area contributed by atoms with Crippen LogP contribution in [0.4, 0.5) is 0 Å². The number of benzene rings is 2. The molecule has 0 saturated carbocycles. The van der Waals surface area contributed by atoms with Crippen molar-refractivity contribution in [2.24, 2.45) is 0 Å². The molecule has 34 heavy (non-hydrogen) atoms. The van der Waals surface area contributed by atoms with Crippen LogP contribution in [0.15, 0.2) is 84.1 Å². The van der Waals surface area contributed by atoms with Crippen LogP contribution in [0.25, 0.3) is 11.8 Å². The Morgan fingerprint density at radius 1 is 1.09 bits per heavy atom. The van der Waals surface area contributed by atoms with E-state index in [1.807, 2.05) is 59.5 Å². The van der Waals surface area contributed by atoms with E-state index in [4.69, 9.17) is 4.74 Å². The molecule has 0 bridgehead atoms. The lowest BCUT2D eigenvalue weighted by Gasteiger charge is -2.14. The van der Waals surface area contributed by atoms with E-state index in [0.717, 1.165) is 22.0 Å². The summed E-state index contributed by atoms with van der Waals surface area (Å²) in [6.07, 6.45) is 5.29. The molecule has 2 heterocycles. The summed E-state index contributed by atoms with van der Waals surface area (Å²) in [7, 11) is 1.56. The minimum absolute atomic E-state index is 0.166. The molecule has 172 valence electrons. The number of carbonyl (C=O) groups is 2. The van der Waals surface area contributed by atoms with Crippen LogP contribution < -0.4 is 15.4 Å². The van der Waals surface area contributed by atoms with E-state index >= 15 is 0 Å². The Balaban J connectivity index is 1.53. The summed E-state index contributed by atoms with van der Waals surface area (Å²) in [4.78, 5) is 31.1. The normalized spacial score (nSPS) is 11.2. The van der Waals surface area contributed by atoms with Crippen molar-refractivity contribution in [3.8, 4) is 11.4 Å². The van der Waals surface area contributed by atoms with E-state index in [9.17, 15) is 9.59 Å². The van der Waals surface area contributed by atoms with Gasteiger partial charge in [-0.25, -0.2) is 4.98 Å². The third-order valence-corrected chi connectivity index (χ3v) is 6.01. The SMILES string of the molecule is COc1ccc(C(=O)N/C(=C\c2cccs2)C(=O)NCc2ccccc2-n2ccnc2C)cc1. The van der Waals surface area contributed by atoms with Crippen LogP contribution in [0.3, 0.4) is 0 Å². The lowest BCUT2D eigenvalue weighted by Crippen LogP contribution is -2.34. The van der Waals surface area contributed by atoms with Crippen LogP contribution >= 0.6 is 11.3 Å². The molecule has 0 spiro atoms. The quantitative estimate of drug-likeness (QED) is 0.374. The number of nitrogens with one attached hydrogen (secondary N) is 2. The molecule has 0 aliphatic rings. The Kier molecular flexibility index (Phi) is 7.19. The van der Waals surface area contributed by atoms with E-state index in [2.05, 4.69) is 15.6 Å². The van der Waals surface area contributed by atoms with E-state index in [1.165, 1.54) is 11.3 Å². The molecule has 2 N–H and O–H groups in total. The molecule has 0 unspecified atom stereocenters. The van der Waals surface area contributed by atoms with Crippen molar-refractivity contribution < 1.29 is 14.3 Å². The number of para-hydroxylation sites is 1. The molecule has 8 heteroatoms. The number of hydrogen-bond acceptors (Lipinski definition) is 5. The van der Waals surface area contributed by atoms with Gasteiger partial charge < -0.3 is 19.9 Å². The topological polar surface area (TPSA) is 85.2 Å². The van der Waals surface area contributed by atoms with Gasteiger partial charge in [0.2, 0.25) is 0 Å². The van der Waals surface area contributed by atoms with Crippen molar-refractivity contribution in [2.75, 3.05) is 7.11 Å². The first-order valence-corrected chi connectivity index (χ1v) is 11.5. The molecule has 0 fully saturated rings. The van der Waals surface area contributed by atoms with E-state index in [1.54, 1.807) is 43.6 Å². The second-order valence-corrected chi connectivity index (χ2v) is 8.39. The van der Waals surface area contributed by atoms with Crippen molar-refractivity contribution in [3.63, 3.8) is 0 Å². The number of ether oxygens (including phenoxy) is 1. The number of thiophene rings is 1. The number of aryl methyl sites for hydroxylation is 1. The highest BCUT2D eigenvalue weighted by atomic mass is 32.1. The lowest BCUT2D eigenvalue weighted by molar-refractivity contribution is -0.117. The zero-order valence-corrected chi connectivity index (χ0v) is 19.6. The van der Waals surface area contributed by atoms with Gasteiger partial charge in [-0.1, -0.05) is 24.3 Å². The molecule has 0 aliphatic carbocycles. The summed E-state index contributed by atoms with van der Waals surface area (Å²) >= 11 is 1.48. The van der Waals surface area contributed by atoms with Gasteiger partial charge in [0.15, 0.2) is 0 Å². The molecule has 4 rings (SSSR count). The number of methoxy groups -OCH3 is 1. The maximum absolute atomic E-state index is 13.1. The summed E-state index contributed by atoms with van der Waals surface area (Å²) in [5, 5.41) is 7.61. The van der Waals surface area contributed by atoms with Crippen LogP contribution in [-0.4, -0.2) is 28.5 Å². The molecule has 2 amide bonds. The van der Waals surface area contributed by atoms with Crippen LogP contribution in [0, 0.1) is 6.92 Å². The predicted octanol–water partition coefficient (Wildman–Crippen LogP) is 4.34. The summed E-state index contributed by atoms with van der Waals surface area (Å²) in [6, 6.07) is 18.3. The van der Waals surface area contributed by atoms with Crippen molar-refractivity contribution in [1.82, 2.24) is 20.2 Å². The Morgan fingerprint density at radius 3 is 2.56 bits per heavy atom. The van der Waals surface area contributed by atoms with Gasteiger partial charge in [-0.3, -0.25) is 9.59 Å². The molecule has 2 aromatic heterocycles. The average Bonchev–Trinajstić information content (AvgIpc) is 3.54.